The highest BCUT2D eigenvalue weighted by Gasteiger charge is 2.09. The van der Waals surface area contributed by atoms with Crippen LogP contribution >= 0.6 is 0 Å². The molecule has 2 nitrogen and oxygen atoms in total. The number of para-hydroxylation sites is 2. The smallest absolute Gasteiger partial charge is 0.387 e. The van der Waals surface area contributed by atoms with Crippen LogP contribution in [0.15, 0.2) is 48.5 Å². The first-order valence-electron chi connectivity index (χ1n) is 6.21. The van der Waals surface area contributed by atoms with Crippen molar-refractivity contribution in [3.63, 3.8) is 0 Å². The van der Waals surface area contributed by atoms with E-state index in [1.54, 1.807) is 30.3 Å². The van der Waals surface area contributed by atoms with Gasteiger partial charge in [0.1, 0.15) is 5.75 Å². The molecule has 0 saturated heterocycles. The minimum Gasteiger partial charge on any atom is -0.433 e. The Labute approximate surface area is 119 Å². The van der Waals surface area contributed by atoms with Crippen LogP contribution in [0.3, 0.4) is 0 Å². The summed E-state index contributed by atoms with van der Waals surface area (Å²) in [5.74, 6) is 0.0386. The maximum absolute atomic E-state index is 12.4. The van der Waals surface area contributed by atoms with Crippen molar-refractivity contribution in [1.82, 2.24) is 0 Å². The summed E-state index contributed by atoms with van der Waals surface area (Å²) in [7, 11) is 0. The third-order valence-electron chi connectivity index (χ3n) is 2.82. The Hall–Kier alpha value is -2.24. The van der Waals surface area contributed by atoms with Crippen LogP contribution in [0.4, 0.5) is 23.2 Å². The van der Waals surface area contributed by atoms with Crippen molar-refractivity contribution in [3.05, 3.63) is 59.7 Å². The maximum Gasteiger partial charge on any atom is 0.387 e. The largest absolute Gasteiger partial charge is 0.433 e. The molecule has 0 saturated carbocycles. The van der Waals surface area contributed by atoms with Gasteiger partial charge in [-0.3, -0.25) is 0 Å². The molecule has 0 fully saturated rings. The van der Waals surface area contributed by atoms with E-state index < -0.39 is 13.0 Å². The highest BCUT2D eigenvalue weighted by molar-refractivity contribution is 5.56. The van der Waals surface area contributed by atoms with Crippen molar-refractivity contribution >= 4 is 5.69 Å². The zero-order valence-electron chi connectivity index (χ0n) is 10.9. The van der Waals surface area contributed by atoms with Crippen LogP contribution in [0, 0.1) is 0 Å². The number of alkyl halides is 4. The van der Waals surface area contributed by atoms with Crippen LogP contribution in [-0.2, 0) is 6.54 Å². The second-order valence-electron chi connectivity index (χ2n) is 4.27. The van der Waals surface area contributed by atoms with E-state index in [1.165, 1.54) is 18.2 Å². The summed E-state index contributed by atoms with van der Waals surface area (Å²) >= 11 is 0. The average Bonchev–Trinajstić information content (AvgIpc) is 2.46. The second-order valence-corrected chi connectivity index (χ2v) is 4.27. The van der Waals surface area contributed by atoms with E-state index in [1.807, 2.05) is 0 Å². The first-order valence-corrected chi connectivity index (χ1v) is 6.21. The molecule has 1 N–H and O–H groups in total. The van der Waals surface area contributed by atoms with Gasteiger partial charge in [-0.2, -0.15) is 8.78 Å². The molecule has 2 aromatic rings. The molecule has 0 atom stereocenters. The molecule has 0 heterocycles. The van der Waals surface area contributed by atoms with E-state index in [-0.39, 0.29) is 11.3 Å². The zero-order valence-corrected chi connectivity index (χ0v) is 10.9. The molecular formula is C15H13F4NO. The summed E-state index contributed by atoms with van der Waals surface area (Å²) in [6.45, 7) is -2.59. The predicted octanol–water partition coefficient (Wildman–Crippen LogP) is 4.84. The summed E-state index contributed by atoms with van der Waals surface area (Å²) in [6, 6.07) is 12.1. The number of nitrogens with one attached hydrogen (secondary N) is 1. The van der Waals surface area contributed by atoms with Crippen LogP contribution in [0.1, 0.15) is 17.6 Å². The molecule has 0 spiro atoms. The summed E-state index contributed by atoms with van der Waals surface area (Å²) < 4.78 is 53.8. The summed E-state index contributed by atoms with van der Waals surface area (Å²) in [6.07, 6.45) is -2.51. The van der Waals surface area contributed by atoms with Gasteiger partial charge >= 0.3 is 6.61 Å². The molecule has 2 aromatic carbocycles. The summed E-state index contributed by atoms with van der Waals surface area (Å²) in [5.41, 5.74) is 1.11. The lowest BCUT2D eigenvalue weighted by atomic mass is 10.1. The number of hydrogen-bond acceptors (Lipinski definition) is 2. The molecule has 0 aliphatic carbocycles. The fourth-order valence-electron chi connectivity index (χ4n) is 1.79. The molecule has 2 rings (SSSR count). The van der Waals surface area contributed by atoms with E-state index in [2.05, 4.69) is 10.1 Å². The summed E-state index contributed by atoms with van der Waals surface area (Å²) in [4.78, 5) is 0. The molecule has 0 unspecified atom stereocenters. The maximum atomic E-state index is 12.4. The van der Waals surface area contributed by atoms with Gasteiger partial charge in [-0.05, 0) is 17.7 Å². The van der Waals surface area contributed by atoms with Crippen molar-refractivity contribution in [2.75, 3.05) is 5.32 Å². The fraction of sp³-hybridized carbons (Fsp3) is 0.200. The van der Waals surface area contributed by atoms with Crippen molar-refractivity contribution in [1.29, 1.82) is 0 Å². The normalized spacial score (nSPS) is 11.0. The Kier molecular flexibility index (Phi) is 5.03. The number of halogens is 4. The fourth-order valence-corrected chi connectivity index (χ4v) is 1.79. The van der Waals surface area contributed by atoms with Crippen molar-refractivity contribution in [2.24, 2.45) is 0 Å². The molecule has 21 heavy (non-hydrogen) atoms. The molecular weight excluding hydrogens is 286 g/mol. The van der Waals surface area contributed by atoms with E-state index in [0.29, 0.717) is 12.2 Å². The van der Waals surface area contributed by atoms with Gasteiger partial charge in [0, 0.05) is 12.1 Å². The highest BCUT2D eigenvalue weighted by Crippen LogP contribution is 2.26. The summed E-state index contributed by atoms with van der Waals surface area (Å²) in [5, 5.41) is 2.94. The Balaban J connectivity index is 2.02. The number of anilines is 1. The quantitative estimate of drug-likeness (QED) is 0.771. The van der Waals surface area contributed by atoms with Gasteiger partial charge in [-0.1, -0.05) is 36.4 Å². The topological polar surface area (TPSA) is 21.3 Å². The Morgan fingerprint density at radius 3 is 2.19 bits per heavy atom. The van der Waals surface area contributed by atoms with Gasteiger partial charge < -0.3 is 10.1 Å². The number of hydrogen-bond donors (Lipinski definition) is 1. The molecule has 0 aliphatic heterocycles. The lowest BCUT2D eigenvalue weighted by Crippen LogP contribution is -2.06. The number of ether oxygens (including phenoxy) is 1. The third-order valence-corrected chi connectivity index (χ3v) is 2.82. The van der Waals surface area contributed by atoms with Crippen LogP contribution in [0.2, 0.25) is 0 Å². The standard InChI is InChI=1S/C15H13F4NO/c16-14(17)11-7-5-10(6-8-11)9-20-12-3-1-2-4-13(12)21-15(18)19/h1-8,14-15,20H,9H2. The predicted molar refractivity (Wildman–Crippen MR) is 71.8 cm³/mol. The minimum atomic E-state index is -2.90. The van der Waals surface area contributed by atoms with Gasteiger partial charge in [0.2, 0.25) is 0 Å². The van der Waals surface area contributed by atoms with E-state index >= 15 is 0 Å². The molecule has 0 aliphatic rings. The van der Waals surface area contributed by atoms with Crippen molar-refractivity contribution < 1.29 is 22.3 Å². The molecule has 0 amide bonds. The van der Waals surface area contributed by atoms with E-state index in [4.69, 9.17) is 0 Å². The third kappa shape index (κ3) is 4.37. The second kappa shape index (κ2) is 6.97. The molecule has 112 valence electrons. The minimum absolute atomic E-state index is 0.0386. The van der Waals surface area contributed by atoms with Crippen LogP contribution < -0.4 is 10.1 Å². The monoisotopic (exact) mass is 299 g/mol. The van der Waals surface area contributed by atoms with Gasteiger partial charge in [-0.25, -0.2) is 8.78 Å². The van der Waals surface area contributed by atoms with E-state index in [9.17, 15) is 17.6 Å². The molecule has 0 radical (unpaired) electrons. The zero-order chi connectivity index (χ0) is 15.2. The Bertz CT molecular complexity index is 572. The number of rotatable bonds is 6. The van der Waals surface area contributed by atoms with Gasteiger partial charge in [0.15, 0.2) is 0 Å². The lowest BCUT2D eigenvalue weighted by molar-refractivity contribution is -0.0493. The van der Waals surface area contributed by atoms with E-state index in [0.717, 1.165) is 5.56 Å². The highest BCUT2D eigenvalue weighted by atomic mass is 19.3. The van der Waals surface area contributed by atoms with Gasteiger partial charge in [-0.15, -0.1) is 0 Å². The van der Waals surface area contributed by atoms with Gasteiger partial charge in [0.25, 0.3) is 6.43 Å². The molecule has 0 aromatic heterocycles. The van der Waals surface area contributed by atoms with Crippen LogP contribution in [-0.4, -0.2) is 6.61 Å². The Morgan fingerprint density at radius 1 is 0.905 bits per heavy atom. The average molecular weight is 299 g/mol. The van der Waals surface area contributed by atoms with Crippen LogP contribution in [0.5, 0.6) is 5.75 Å². The Morgan fingerprint density at radius 2 is 1.57 bits per heavy atom. The van der Waals surface area contributed by atoms with Gasteiger partial charge in [0.05, 0.1) is 5.69 Å². The number of benzene rings is 2. The first-order chi connectivity index (χ1) is 10.1. The van der Waals surface area contributed by atoms with Crippen LogP contribution in [0.25, 0.3) is 0 Å². The van der Waals surface area contributed by atoms with Crippen molar-refractivity contribution in [2.45, 2.75) is 19.6 Å². The first kappa shape index (κ1) is 15.2. The molecule has 0 bridgehead atoms. The lowest BCUT2D eigenvalue weighted by Gasteiger charge is -2.12. The SMILES string of the molecule is FC(F)Oc1ccccc1NCc1ccc(C(F)F)cc1. The molecule has 6 heteroatoms. The van der Waals surface area contributed by atoms with Crippen molar-refractivity contribution in [3.8, 4) is 5.75 Å².